The zero-order valence-corrected chi connectivity index (χ0v) is 13.3. The summed E-state index contributed by atoms with van der Waals surface area (Å²) in [7, 11) is 0. The predicted octanol–water partition coefficient (Wildman–Crippen LogP) is 4.57. The Bertz CT molecular complexity index is 574. The van der Waals surface area contributed by atoms with Gasteiger partial charge < -0.3 is 14.9 Å². The van der Waals surface area contributed by atoms with Crippen LogP contribution >= 0.6 is 0 Å². The van der Waals surface area contributed by atoms with Crippen molar-refractivity contribution in [2.45, 2.75) is 52.2 Å². The quantitative estimate of drug-likeness (QED) is 0.846. The van der Waals surface area contributed by atoms with Gasteiger partial charge in [-0.3, -0.25) is 0 Å². The number of ether oxygens (including phenoxy) is 1. The van der Waals surface area contributed by atoms with E-state index in [9.17, 15) is 0 Å². The lowest BCUT2D eigenvalue weighted by Gasteiger charge is -2.23. The first-order chi connectivity index (χ1) is 10.0. The van der Waals surface area contributed by atoms with Gasteiger partial charge in [0.25, 0.3) is 0 Å². The molecule has 0 fully saturated rings. The molecule has 1 heterocycles. The normalized spacial score (nSPS) is 14.2. The van der Waals surface area contributed by atoms with Crippen LogP contribution in [0.25, 0.3) is 0 Å². The third-order valence-electron chi connectivity index (χ3n) is 3.69. The zero-order valence-electron chi connectivity index (χ0n) is 13.3. The minimum Gasteiger partial charge on any atom is -0.481 e. The number of benzene rings is 1. The van der Waals surface area contributed by atoms with E-state index in [-0.39, 0.29) is 12.1 Å². The van der Waals surface area contributed by atoms with Crippen LogP contribution in [-0.4, -0.2) is 6.04 Å². The molecule has 0 saturated carbocycles. The van der Waals surface area contributed by atoms with Crippen LogP contribution in [0.4, 0.5) is 0 Å². The number of rotatable bonds is 6. The third-order valence-corrected chi connectivity index (χ3v) is 3.69. The molecule has 0 aliphatic carbocycles. The van der Waals surface area contributed by atoms with Gasteiger partial charge in [0.2, 0.25) is 0 Å². The van der Waals surface area contributed by atoms with Crippen molar-refractivity contribution in [3.8, 4) is 5.75 Å². The lowest BCUT2D eigenvalue weighted by atomic mass is 10.0. The van der Waals surface area contributed by atoms with Crippen LogP contribution in [0.1, 0.15) is 56.3 Å². The Morgan fingerprint density at radius 2 is 1.95 bits per heavy atom. The highest BCUT2D eigenvalue weighted by molar-refractivity contribution is 5.31. The standard InChI is InChI=1S/C18H25NO2/c1-5-16(19)18(17-10-9-13(4)20-17)21-15-8-6-7-14(11-15)12(2)3/h6-12,16,18H,5,19H2,1-4H3. The van der Waals surface area contributed by atoms with Gasteiger partial charge in [-0.2, -0.15) is 0 Å². The molecule has 3 heteroatoms. The van der Waals surface area contributed by atoms with Crippen LogP contribution in [0.2, 0.25) is 0 Å². The topological polar surface area (TPSA) is 48.4 Å². The number of hydrogen-bond donors (Lipinski definition) is 1. The first-order valence-corrected chi connectivity index (χ1v) is 7.59. The van der Waals surface area contributed by atoms with Crippen LogP contribution in [0, 0.1) is 6.92 Å². The van der Waals surface area contributed by atoms with Gasteiger partial charge in [-0.15, -0.1) is 0 Å². The molecule has 0 saturated heterocycles. The van der Waals surface area contributed by atoms with Crippen molar-refractivity contribution in [2.75, 3.05) is 0 Å². The average Bonchev–Trinajstić information content (AvgIpc) is 2.90. The average molecular weight is 287 g/mol. The molecule has 1 aromatic carbocycles. The maximum Gasteiger partial charge on any atom is 0.171 e. The van der Waals surface area contributed by atoms with E-state index in [1.54, 1.807) is 0 Å². The Labute approximate surface area is 127 Å². The number of furan rings is 1. The molecule has 0 amide bonds. The predicted molar refractivity (Wildman–Crippen MR) is 85.6 cm³/mol. The minimum absolute atomic E-state index is 0.0988. The van der Waals surface area contributed by atoms with Crippen molar-refractivity contribution < 1.29 is 9.15 Å². The van der Waals surface area contributed by atoms with Crippen LogP contribution in [0.5, 0.6) is 5.75 Å². The number of nitrogens with two attached hydrogens (primary N) is 1. The Kier molecular flexibility index (Phi) is 5.07. The van der Waals surface area contributed by atoms with Crippen LogP contribution in [-0.2, 0) is 0 Å². The van der Waals surface area contributed by atoms with Crippen LogP contribution in [0.3, 0.4) is 0 Å². The van der Waals surface area contributed by atoms with Crippen molar-refractivity contribution in [1.29, 1.82) is 0 Å². The molecule has 2 aromatic rings. The van der Waals surface area contributed by atoms with Gasteiger partial charge >= 0.3 is 0 Å². The molecule has 0 bridgehead atoms. The van der Waals surface area contributed by atoms with E-state index in [0.717, 1.165) is 23.7 Å². The van der Waals surface area contributed by atoms with E-state index in [1.807, 2.05) is 31.2 Å². The lowest BCUT2D eigenvalue weighted by molar-refractivity contribution is 0.143. The Balaban J connectivity index is 2.25. The maximum absolute atomic E-state index is 6.22. The summed E-state index contributed by atoms with van der Waals surface area (Å²) in [5.74, 6) is 2.97. The lowest BCUT2D eigenvalue weighted by Crippen LogP contribution is -2.31. The molecular formula is C18H25NO2. The highest BCUT2D eigenvalue weighted by Crippen LogP contribution is 2.28. The fraction of sp³-hybridized carbons (Fsp3) is 0.444. The third kappa shape index (κ3) is 3.88. The molecule has 2 rings (SSSR count). The highest BCUT2D eigenvalue weighted by atomic mass is 16.5. The van der Waals surface area contributed by atoms with Gasteiger partial charge in [0.15, 0.2) is 6.10 Å². The number of hydrogen-bond acceptors (Lipinski definition) is 3. The molecule has 2 unspecified atom stereocenters. The van der Waals surface area contributed by atoms with Crippen LogP contribution < -0.4 is 10.5 Å². The molecule has 2 N–H and O–H groups in total. The second-order valence-corrected chi connectivity index (χ2v) is 5.79. The van der Waals surface area contributed by atoms with E-state index in [0.29, 0.717) is 5.92 Å². The van der Waals surface area contributed by atoms with Crippen molar-refractivity contribution in [3.63, 3.8) is 0 Å². The molecule has 2 atom stereocenters. The second-order valence-electron chi connectivity index (χ2n) is 5.79. The highest BCUT2D eigenvalue weighted by Gasteiger charge is 2.24. The molecule has 1 aromatic heterocycles. The SMILES string of the molecule is CCC(N)C(Oc1cccc(C(C)C)c1)c1ccc(C)o1. The van der Waals surface area contributed by atoms with E-state index >= 15 is 0 Å². The van der Waals surface area contributed by atoms with E-state index in [1.165, 1.54) is 5.56 Å². The molecule has 3 nitrogen and oxygen atoms in total. The van der Waals surface area contributed by atoms with Gasteiger partial charge in [0.1, 0.15) is 17.3 Å². The molecule has 114 valence electrons. The molecule has 0 spiro atoms. The van der Waals surface area contributed by atoms with Gasteiger partial charge in [0, 0.05) is 6.04 Å². The van der Waals surface area contributed by atoms with E-state index in [2.05, 4.69) is 32.9 Å². The summed E-state index contributed by atoms with van der Waals surface area (Å²) in [6.45, 7) is 8.33. The fourth-order valence-electron chi connectivity index (χ4n) is 2.27. The first-order valence-electron chi connectivity index (χ1n) is 7.59. The Morgan fingerprint density at radius 1 is 1.19 bits per heavy atom. The van der Waals surface area contributed by atoms with Crippen molar-refractivity contribution in [1.82, 2.24) is 0 Å². The largest absolute Gasteiger partial charge is 0.481 e. The smallest absolute Gasteiger partial charge is 0.171 e. The van der Waals surface area contributed by atoms with Gasteiger partial charge in [-0.25, -0.2) is 0 Å². The Morgan fingerprint density at radius 3 is 2.52 bits per heavy atom. The molecule has 0 radical (unpaired) electrons. The van der Waals surface area contributed by atoms with E-state index in [4.69, 9.17) is 14.9 Å². The summed E-state index contributed by atoms with van der Waals surface area (Å²) in [4.78, 5) is 0. The second kappa shape index (κ2) is 6.81. The summed E-state index contributed by atoms with van der Waals surface area (Å²) in [5, 5.41) is 0. The molecule has 21 heavy (non-hydrogen) atoms. The summed E-state index contributed by atoms with van der Waals surface area (Å²) < 4.78 is 11.9. The van der Waals surface area contributed by atoms with Crippen LogP contribution in [0.15, 0.2) is 40.8 Å². The molecular weight excluding hydrogens is 262 g/mol. The Hall–Kier alpha value is -1.74. The molecule has 0 aliphatic rings. The molecule has 0 aliphatic heterocycles. The van der Waals surface area contributed by atoms with Gasteiger partial charge in [-0.1, -0.05) is 32.9 Å². The van der Waals surface area contributed by atoms with E-state index < -0.39 is 0 Å². The minimum atomic E-state index is -0.258. The number of aryl methyl sites for hydroxylation is 1. The fourth-order valence-corrected chi connectivity index (χ4v) is 2.27. The summed E-state index contributed by atoms with van der Waals surface area (Å²) in [6.07, 6.45) is 0.569. The summed E-state index contributed by atoms with van der Waals surface area (Å²) in [5.41, 5.74) is 7.48. The van der Waals surface area contributed by atoms with Crippen molar-refractivity contribution >= 4 is 0 Å². The zero-order chi connectivity index (χ0) is 15.4. The summed E-state index contributed by atoms with van der Waals surface area (Å²) >= 11 is 0. The van der Waals surface area contributed by atoms with Crippen molar-refractivity contribution in [3.05, 3.63) is 53.5 Å². The van der Waals surface area contributed by atoms with Gasteiger partial charge in [0.05, 0.1) is 0 Å². The monoisotopic (exact) mass is 287 g/mol. The van der Waals surface area contributed by atoms with Gasteiger partial charge in [-0.05, 0) is 49.1 Å². The van der Waals surface area contributed by atoms with Crippen molar-refractivity contribution in [2.24, 2.45) is 5.73 Å². The maximum atomic E-state index is 6.22. The first kappa shape index (κ1) is 15.6. The summed E-state index contributed by atoms with van der Waals surface area (Å²) in [6, 6.07) is 12.0.